The predicted octanol–water partition coefficient (Wildman–Crippen LogP) is 4.60. The van der Waals surface area contributed by atoms with Crippen LogP contribution in [0.4, 0.5) is 0 Å². The van der Waals surface area contributed by atoms with Crippen molar-refractivity contribution in [3.05, 3.63) is 64.2 Å². The van der Waals surface area contributed by atoms with Crippen LogP contribution in [0.3, 0.4) is 0 Å². The summed E-state index contributed by atoms with van der Waals surface area (Å²) in [5.74, 6) is 1.55. The first kappa shape index (κ1) is 24.9. The molecule has 3 heterocycles. The smallest absolute Gasteiger partial charge is 0.231 e. The number of carbonyl (C=O) groups excluding carboxylic acids is 1. The van der Waals surface area contributed by atoms with Crippen molar-refractivity contribution < 1.29 is 14.3 Å². The molecule has 2 aromatic carbocycles. The van der Waals surface area contributed by atoms with Crippen LogP contribution >= 0.6 is 23.5 Å². The Hall–Kier alpha value is -2.19. The Kier molecular flexibility index (Phi) is 8.42. The first-order valence-corrected chi connectivity index (χ1v) is 13.0. The minimum Gasteiger partial charge on any atom is -0.486 e. The number of ether oxygens (including phenoxy) is 2. The average Bonchev–Trinajstić information content (AvgIpc) is 3.42. The maximum absolute atomic E-state index is 13.4. The third-order valence-electron chi connectivity index (χ3n) is 6.02. The van der Waals surface area contributed by atoms with E-state index in [1.165, 1.54) is 11.1 Å². The van der Waals surface area contributed by atoms with Gasteiger partial charge in [-0.25, -0.2) is 4.31 Å². The topological polar surface area (TPSA) is 54.0 Å². The van der Waals surface area contributed by atoms with E-state index in [0.29, 0.717) is 37.9 Å². The maximum atomic E-state index is 13.4. The van der Waals surface area contributed by atoms with E-state index in [2.05, 4.69) is 15.7 Å². The normalized spacial score (nSPS) is 17.8. The first-order valence-electron chi connectivity index (χ1n) is 11.8. The molecular formula is C26H32ClN3O3S. The number of carbonyl (C=O) groups is 1. The molecule has 0 saturated heterocycles. The third-order valence-corrected chi connectivity index (χ3v) is 7.23. The van der Waals surface area contributed by atoms with Crippen LogP contribution in [0.25, 0.3) is 0 Å². The number of rotatable bonds is 6. The molecule has 6 nitrogen and oxygen atoms in total. The molecule has 0 spiro atoms. The van der Waals surface area contributed by atoms with Gasteiger partial charge in [0.1, 0.15) is 13.2 Å². The molecule has 0 fully saturated rings. The third kappa shape index (κ3) is 5.54. The van der Waals surface area contributed by atoms with Crippen molar-refractivity contribution in [3.63, 3.8) is 0 Å². The van der Waals surface area contributed by atoms with Crippen LogP contribution in [0.5, 0.6) is 11.5 Å². The number of hydrogen-bond acceptors (Lipinski definition) is 6. The lowest BCUT2D eigenvalue weighted by molar-refractivity contribution is -0.131. The molecule has 0 bridgehead atoms. The van der Waals surface area contributed by atoms with E-state index in [9.17, 15) is 4.79 Å². The minimum atomic E-state index is -0.234. The molecule has 1 N–H and O–H groups in total. The Morgan fingerprint density at radius 1 is 1.03 bits per heavy atom. The summed E-state index contributed by atoms with van der Waals surface area (Å²) in [6.07, 6.45) is 0. The van der Waals surface area contributed by atoms with Crippen molar-refractivity contribution in [3.8, 4) is 11.5 Å². The molecule has 0 radical (unpaired) electrons. The monoisotopic (exact) mass is 501 g/mol. The van der Waals surface area contributed by atoms with Crippen molar-refractivity contribution in [1.82, 2.24) is 14.5 Å². The number of hydrogen-bond donors (Lipinski definition) is 1. The quantitative estimate of drug-likeness (QED) is 0.461. The zero-order valence-corrected chi connectivity index (χ0v) is 21.5. The predicted molar refractivity (Wildman–Crippen MR) is 138 cm³/mol. The number of fused-ring (bicyclic) bond motifs is 1. The van der Waals surface area contributed by atoms with Crippen LogP contribution in [0.15, 0.2) is 58.5 Å². The molecule has 182 valence electrons. The van der Waals surface area contributed by atoms with Crippen molar-refractivity contribution in [2.75, 3.05) is 53.0 Å². The van der Waals surface area contributed by atoms with Gasteiger partial charge in [-0.05, 0) is 66.0 Å². The van der Waals surface area contributed by atoms with Crippen molar-refractivity contribution in [1.29, 1.82) is 0 Å². The molecule has 5 rings (SSSR count). The standard InChI is InChI=1S/C24H26ClN3O3S.C2H6/c1-26-11-21(16-3-2-4-19(25)9-16)24(29)27-12-17-14-28(15-18(17)13-27)32-20-5-6-22-23(10-20)31-8-7-30-22;1-2/h2-6,9-10,21,26H,7-8,11-15H2,1H3;1-2H3. The summed E-state index contributed by atoms with van der Waals surface area (Å²) in [5.41, 5.74) is 3.68. The molecule has 34 heavy (non-hydrogen) atoms. The van der Waals surface area contributed by atoms with Gasteiger partial charge >= 0.3 is 0 Å². The van der Waals surface area contributed by atoms with Crippen molar-refractivity contribution in [2.45, 2.75) is 24.7 Å². The molecule has 1 atom stereocenters. The van der Waals surface area contributed by atoms with Crippen LogP contribution in [0.1, 0.15) is 25.3 Å². The Labute approximate surface area is 211 Å². The molecular weight excluding hydrogens is 470 g/mol. The fourth-order valence-corrected chi connectivity index (χ4v) is 5.72. The van der Waals surface area contributed by atoms with Gasteiger partial charge in [-0.3, -0.25) is 4.79 Å². The van der Waals surface area contributed by atoms with E-state index in [1.54, 1.807) is 11.9 Å². The highest BCUT2D eigenvalue weighted by Crippen LogP contribution is 2.38. The van der Waals surface area contributed by atoms with E-state index in [1.807, 2.05) is 62.2 Å². The highest BCUT2D eigenvalue weighted by Gasteiger charge is 2.35. The lowest BCUT2D eigenvalue weighted by Crippen LogP contribution is -2.39. The largest absolute Gasteiger partial charge is 0.486 e. The number of nitrogens with zero attached hydrogens (tertiary/aromatic N) is 2. The number of nitrogens with one attached hydrogen (secondary N) is 1. The van der Waals surface area contributed by atoms with Gasteiger partial charge in [-0.2, -0.15) is 0 Å². The summed E-state index contributed by atoms with van der Waals surface area (Å²) in [4.78, 5) is 16.5. The lowest BCUT2D eigenvalue weighted by Gasteiger charge is -2.26. The Morgan fingerprint density at radius 3 is 2.41 bits per heavy atom. The first-order chi connectivity index (χ1) is 16.6. The van der Waals surface area contributed by atoms with Crippen molar-refractivity contribution >= 4 is 29.5 Å². The van der Waals surface area contributed by atoms with E-state index in [0.717, 1.165) is 35.0 Å². The SMILES string of the molecule is CC.CNCC(C(=O)N1CC2=C(CN(Sc3ccc4c(c3)OCCO4)C2)C1)c1cccc(Cl)c1. The number of benzene rings is 2. The van der Waals surface area contributed by atoms with E-state index in [4.69, 9.17) is 21.1 Å². The van der Waals surface area contributed by atoms with Gasteiger partial charge in [0, 0.05) is 42.6 Å². The average molecular weight is 502 g/mol. The molecule has 1 amide bonds. The summed E-state index contributed by atoms with van der Waals surface area (Å²) < 4.78 is 13.7. The zero-order chi connectivity index (χ0) is 24.1. The van der Waals surface area contributed by atoms with Gasteiger partial charge in [0.2, 0.25) is 5.91 Å². The van der Waals surface area contributed by atoms with Gasteiger partial charge < -0.3 is 19.7 Å². The van der Waals surface area contributed by atoms with Crippen LogP contribution in [0.2, 0.25) is 5.02 Å². The number of amides is 1. The fourth-order valence-electron chi connectivity index (χ4n) is 4.49. The molecule has 0 aromatic heterocycles. The second kappa shape index (κ2) is 11.5. The van der Waals surface area contributed by atoms with Crippen LogP contribution < -0.4 is 14.8 Å². The Bertz CT molecular complexity index is 1040. The summed E-state index contributed by atoms with van der Waals surface area (Å²) >= 11 is 7.91. The summed E-state index contributed by atoms with van der Waals surface area (Å²) in [5, 5.41) is 3.82. The van der Waals surface area contributed by atoms with Crippen LogP contribution in [0, 0.1) is 0 Å². The summed E-state index contributed by atoms with van der Waals surface area (Å²) in [7, 11) is 1.88. The highest BCUT2D eigenvalue weighted by atomic mass is 35.5. The highest BCUT2D eigenvalue weighted by molar-refractivity contribution is 7.97. The lowest BCUT2D eigenvalue weighted by atomic mass is 9.97. The van der Waals surface area contributed by atoms with Gasteiger partial charge in [0.25, 0.3) is 0 Å². The van der Waals surface area contributed by atoms with Crippen LogP contribution in [-0.2, 0) is 4.79 Å². The van der Waals surface area contributed by atoms with Gasteiger partial charge in [-0.1, -0.05) is 37.6 Å². The second-order valence-corrected chi connectivity index (χ2v) is 9.87. The minimum absolute atomic E-state index is 0.155. The van der Waals surface area contributed by atoms with Gasteiger partial charge in [-0.15, -0.1) is 0 Å². The van der Waals surface area contributed by atoms with Gasteiger partial charge in [0.15, 0.2) is 11.5 Å². The Morgan fingerprint density at radius 2 is 1.74 bits per heavy atom. The van der Waals surface area contributed by atoms with Gasteiger partial charge in [0.05, 0.1) is 5.92 Å². The molecule has 2 aromatic rings. The molecule has 3 aliphatic rings. The molecule has 1 unspecified atom stereocenters. The van der Waals surface area contributed by atoms with E-state index in [-0.39, 0.29) is 11.8 Å². The fraction of sp³-hybridized carbons (Fsp3) is 0.423. The summed E-state index contributed by atoms with van der Waals surface area (Å²) in [6.45, 7) is 8.92. The molecule has 0 aliphatic carbocycles. The molecule has 8 heteroatoms. The zero-order valence-electron chi connectivity index (χ0n) is 20.0. The molecule has 0 saturated carbocycles. The second-order valence-electron chi connectivity index (χ2n) is 8.26. The number of likely N-dealkylation sites (N-methyl/N-ethyl adjacent to an activating group) is 1. The molecule has 3 aliphatic heterocycles. The van der Waals surface area contributed by atoms with Crippen LogP contribution in [-0.4, -0.2) is 68.1 Å². The van der Waals surface area contributed by atoms with E-state index < -0.39 is 0 Å². The Balaban J connectivity index is 0.00000133. The number of halogens is 1. The summed E-state index contributed by atoms with van der Waals surface area (Å²) in [6, 6.07) is 13.7. The van der Waals surface area contributed by atoms with E-state index >= 15 is 0 Å². The van der Waals surface area contributed by atoms with Crippen molar-refractivity contribution in [2.24, 2.45) is 0 Å². The maximum Gasteiger partial charge on any atom is 0.231 e.